The Morgan fingerprint density at radius 3 is 2.78 bits per heavy atom. The van der Waals surface area contributed by atoms with Crippen LogP contribution in [0.25, 0.3) is 0 Å². The highest BCUT2D eigenvalue weighted by atomic mass is 35.5. The maximum absolute atomic E-state index is 5.94. The average Bonchev–Trinajstić information content (AvgIpc) is 2.35. The molecule has 0 saturated carbocycles. The van der Waals surface area contributed by atoms with Gasteiger partial charge in [0.05, 0.1) is 10.7 Å². The highest BCUT2D eigenvalue weighted by molar-refractivity contribution is 7.80. The van der Waals surface area contributed by atoms with Gasteiger partial charge in [-0.25, -0.2) is 0 Å². The summed E-state index contributed by atoms with van der Waals surface area (Å²) in [6.45, 7) is 0. The van der Waals surface area contributed by atoms with Gasteiger partial charge in [0.25, 0.3) is 0 Å². The van der Waals surface area contributed by atoms with Crippen LogP contribution in [0.15, 0.2) is 42.1 Å². The van der Waals surface area contributed by atoms with Crippen LogP contribution in [0.5, 0.6) is 0 Å². The summed E-state index contributed by atoms with van der Waals surface area (Å²) in [5.41, 5.74) is 8.02. The third kappa shape index (κ3) is 3.48. The van der Waals surface area contributed by atoms with Crippen molar-refractivity contribution in [3.8, 4) is 0 Å². The molecule has 0 heterocycles. The lowest BCUT2D eigenvalue weighted by atomic mass is 10.1. The van der Waals surface area contributed by atoms with Crippen molar-refractivity contribution in [1.29, 1.82) is 0 Å². The van der Waals surface area contributed by atoms with Gasteiger partial charge in [0.1, 0.15) is 0 Å². The van der Waals surface area contributed by atoms with Crippen LogP contribution in [-0.2, 0) is 0 Å². The summed E-state index contributed by atoms with van der Waals surface area (Å²) >= 11 is 11.2. The van der Waals surface area contributed by atoms with Gasteiger partial charge in [-0.3, -0.25) is 0 Å². The molecule has 0 unspecified atom stereocenters. The second kappa shape index (κ2) is 5.89. The molecule has 4 N–H and O–H groups in total. The predicted octanol–water partition coefficient (Wildman–Crippen LogP) is 3.44. The van der Waals surface area contributed by atoms with Gasteiger partial charge in [-0.1, -0.05) is 23.8 Å². The van der Waals surface area contributed by atoms with E-state index < -0.39 is 0 Å². The van der Waals surface area contributed by atoms with Crippen LogP contribution < -0.4 is 16.4 Å². The molecular formula is C13H14ClN3S. The van der Waals surface area contributed by atoms with Gasteiger partial charge < -0.3 is 16.4 Å². The first-order chi connectivity index (χ1) is 8.65. The zero-order valence-electron chi connectivity index (χ0n) is 9.74. The topological polar surface area (TPSA) is 50.1 Å². The highest BCUT2D eigenvalue weighted by Crippen LogP contribution is 2.22. The van der Waals surface area contributed by atoms with Crippen LogP contribution in [0.3, 0.4) is 0 Å². The van der Waals surface area contributed by atoms with E-state index in [2.05, 4.69) is 22.8 Å². The molecule has 0 bridgehead atoms. The largest absolute Gasteiger partial charge is 0.398 e. The Morgan fingerprint density at radius 2 is 2.11 bits per heavy atom. The molecule has 0 saturated heterocycles. The average molecular weight is 280 g/mol. The van der Waals surface area contributed by atoms with Gasteiger partial charge in [0.15, 0.2) is 5.11 Å². The van der Waals surface area contributed by atoms with Crippen molar-refractivity contribution in [3.05, 3.63) is 47.1 Å². The molecular weight excluding hydrogens is 266 g/mol. The fourth-order valence-electron chi connectivity index (χ4n) is 1.60. The van der Waals surface area contributed by atoms with Crippen LogP contribution in [0.4, 0.5) is 11.4 Å². The Kier molecular flexibility index (Phi) is 4.23. The number of benzene rings is 1. The third-order valence-electron chi connectivity index (χ3n) is 2.51. The molecule has 0 atom stereocenters. The molecule has 3 nitrogen and oxygen atoms in total. The van der Waals surface area contributed by atoms with Gasteiger partial charge in [0, 0.05) is 11.4 Å². The van der Waals surface area contributed by atoms with E-state index in [9.17, 15) is 0 Å². The zero-order valence-corrected chi connectivity index (χ0v) is 11.3. The van der Waals surface area contributed by atoms with E-state index in [1.807, 2.05) is 12.1 Å². The van der Waals surface area contributed by atoms with E-state index in [-0.39, 0.29) is 0 Å². The molecule has 0 spiro atoms. The second-order valence-corrected chi connectivity index (χ2v) is 4.77. The SMILES string of the molecule is Nc1ccc(NC(=S)NC2=CCCC=C2)cc1Cl. The quantitative estimate of drug-likeness (QED) is 0.573. The lowest BCUT2D eigenvalue weighted by Crippen LogP contribution is -2.27. The first kappa shape index (κ1) is 12.9. The Bertz CT molecular complexity index is 523. The number of rotatable bonds is 2. The standard InChI is InChI=1S/C13H14ClN3S/c14-11-8-10(6-7-12(11)15)17-13(18)16-9-4-2-1-3-5-9/h2,4-8H,1,3,15H2,(H2,16,17,18). The van der Waals surface area contributed by atoms with E-state index in [0.717, 1.165) is 24.2 Å². The Hall–Kier alpha value is -1.52. The molecule has 2 rings (SSSR count). The van der Waals surface area contributed by atoms with E-state index in [4.69, 9.17) is 29.6 Å². The number of hydrogen-bond acceptors (Lipinski definition) is 2. The molecule has 0 amide bonds. The first-order valence-corrected chi connectivity index (χ1v) is 6.43. The minimum atomic E-state index is 0.513. The smallest absolute Gasteiger partial charge is 0.175 e. The number of nitrogens with one attached hydrogen (secondary N) is 2. The van der Waals surface area contributed by atoms with Gasteiger partial charge in [0.2, 0.25) is 0 Å². The van der Waals surface area contributed by atoms with E-state index in [1.54, 1.807) is 12.1 Å². The van der Waals surface area contributed by atoms with Crippen molar-refractivity contribution < 1.29 is 0 Å². The van der Waals surface area contributed by atoms with Gasteiger partial charge in [-0.05, 0) is 49.3 Å². The number of thiocarbonyl (C=S) groups is 1. The molecule has 1 aromatic carbocycles. The lowest BCUT2D eigenvalue weighted by Gasteiger charge is -2.13. The summed E-state index contributed by atoms with van der Waals surface area (Å²) in [6.07, 6.45) is 8.37. The van der Waals surface area contributed by atoms with Crippen LogP contribution in [-0.4, -0.2) is 5.11 Å². The zero-order chi connectivity index (χ0) is 13.0. The van der Waals surface area contributed by atoms with E-state index in [0.29, 0.717) is 15.8 Å². The first-order valence-electron chi connectivity index (χ1n) is 5.65. The van der Waals surface area contributed by atoms with Crippen molar-refractivity contribution in [1.82, 2.24) is 5.32 Å². The van der Waals surface area contributed by atoms with Crippen LogP contribution in [0, 0.1) is 0 Å². The van der Waals surface area contributed by atoms with Crippen molar-refractivity contribution in [3.63, 3.8) is 0 Å². The number of anilines is 2. The number of hydrogen-bond donors (Lipinski definition) is 3. The number of allylic oxidation sites excluding steroid dienone is 3. The molecule has 0 radical (unpaired) electrons. The highest BCUT2D eigenvalue weighted by Gasteiger charge is 2.03. The number of halogens is 1. The molecule has 0 fully saturated rings. The molecule has 1 aliphatic carbocycles. The molecule has 1 aliphatic rings. The van der Waals surface area contributed by atoms with Crippen LogP contribution in [0.1, 0.15) is 12.8 Å². The number of nitrogen functional groups attached to an aromatic ring is 1. The minimum Gasteiger partial charge on any atom is -0.398 e. The normalized spacial score (nSPS) is 13.9. The molecule has 94 valence electrons. The summed E-state index contributed by atoms with van der Waals surface area (Å²) < 4.78 is 0. The third-order valence-corrected chi connectivity index (χ3v) is 3.04. The molecule has 5 heteroatoms. The molecule has 0 aliphatic heterocycles. The number of nitrogens with two attached hydrogens (primary N) is 1. The fraction of sp³-hybridized carbons (Fsp3) is 0.154. The van der Waals surface area contributed by atoms with Gasteiger partial charge in [-0.2, -0.15) is 0 Å². The summed E-state index contributed by atoms with van der Waals surface area (Å²) in [5.74, 6) is 0. The van der Waals surface area contributed by atoms with Crippen LogP contribution >= 0.6 is 23.8 Å². The minimum absolute atomic E-state index is 0.513. The molecule has 18 heavy (non-hydrogen) atoms. The van der Waals surface area contributed by atoms with Crippen molar-refractivity contribution >= 4 is 40.3 Å². The lowest BCUT2D eigenvalue weighted by molar-refractivity contribution is 0.987. The van der Waals surface area contributed by atoms with Crippen LogP contribution in [0.2, 0.25) is 5.02 Å². The molecule has 1 aromatic rings. The Labute approximate surface area is 117 Å². The Morgan fingerprint density at radius 1 is 1.28 bits per heavy atom. The van der Waals surface area contributed by atoms with Crippen molar-refractivity contribution in [2.75, 3.05) is 11.1 Å². The maximum Gasteiger partial charge on any atom is 0.175 e. The summed E-state index contributed by atoms with van der Waals surface area (Å²) in [5, 5.41) is 7.23. The van der Waals surface area contributed by atoms with Gasteiger partial charge in [-0.15, -0.1) is 0 Å². The van der Waals surface area contributed by atoms with E-state index in [1.165, 1.54) is 0 Å². The predicted molar refractivity (Wildman–Crippen MR) is 81.7 cm³/mol. The fourth-order valence-corrected chi connectivity index (χ4v) is 2.02. The summed E-state index contributed by atoms with van der Waals surface area (Å²) in [6, 6.07) is 5.32. The second-order valence-electron chi connectivity index (χ2n) is 3.95. The van der Waals surface area contributed by atoms with Crippen molar-refractivity contribution in [2.24, 2.45) is 0 Å². The summed E-state index contributed by atoms with van der Waals surface area (Å²) in [4.78, 5) is 0. The van der Waals surface area contributed by atoms with Crippen molar-refractivity contribution in [2.45, 2.75) is 12.8 Å². The maximum atomic E-state index is 5.94. The van der Waals surface area contributed by atoms with Gasteiger partial charge >= 0.3 is 0 Å². The molecule has 0 aromatic heterocycles. The Balaban J connectivity index is 1.96. The monoisotopic (exact) mass is 279 g/mol. The summed E-state index contributed by atoms with van der Waals surface area (Å²) in [7, 11) is 0. The van der Waals surface area contributed by atoms with E-state index >= 15 is 0 Å².